The van der Waals surface area contributed by atoms with Crippen molar-refractivity contribution in [3.8, 4) is 21.7 Å². The van der Waals surface area contributed by atoms with E-state index in [1.807, 2.05) is 29.8 Å². The van der Waals surface area contributed by atoms with Crippen LogP contribution in [0.2, 0.25) is 10.0 Å². The van der Waals surface area contributed by atoms with Gasteiger partial charge in [-0.05, 0) is 36.2 Å². The molecular weight excluding hydrogens is 435 g/mol. The third kappa shape index (κ3) is 4.12. The third-order valence-corrected chi connectivity index (χ3v) is 6.48. The van der Waals surface area contributed by atoms with Gasteiger partial charge in [0.1, 0.15) is 0 Å². The number of hydrogen-bond donors (Lipinski definition) is 0. The molecule has 0 radical (unpaired) electrons. The van der Waals surface area contributed by atoms with E-state index in [2.05, 4.69) is 48.3 Å². The molecule has 1 aromatic heterocycles. The maximum absolute atomic E-state index is 12.8. The summed E-state index contributed by atoms with van der Waals surface area (Å²) in [5.41, 5.74) is 4.67. The zero-order valence-corrected chi connectivity index (χ0v) is 18.7. The lowest BCUT2D eigenvalue weighted by atomic mass is 10.1. The first kappa shape index (κ1) is 20.6. The van der Waals surface area contributed by atoms with Crippen molar-refractivity contribution < 1.29 is 4.79 Å². The topological polar surface area (TPSA) is 34.4 Å². The number of halogens is 2. The average Bonchev–Trinajstić information content (AvgIpc) is 3.05. The predicted molar refractivity (Wildman–Crippen MR) is 125 cm³/mol. The number of rotatable bonds is 3. The van der Waals surface area contributed by atoms with Crippen molar-refractivity contribution in [2.45, 2.75) is 6.92 Å². The highest BCUT2D eigenvalue weighted by molar-refractivity contribution is 7.13. The van der Waals surface area contributed by atoms with Crippen LogP contribution in [-0.4, -0.2) is 10.5 Å². The van der Waals surface area contributed by atoms with E-state index in [-0.39, 0.29) is 5.02 Å². The predicted octanol–water partition coefficient (Wildman–Crippen LogP) is 6.78. The van der Waals surface area contributed by atoms with Crippen molar-refractivity contribution in [1.29, 1.82) is 0 Å². The van der Waals surface area contributed by atoms with Gasteiger partial charge in [0, 0.05) is 12.1 Å². The normalized spacial score (nSPS) is 11.7. The maximum atomic E-state index is 12.8. The van der Waals surface area contributed by atoms with Crippen molar-refractivity contribution in [2.75, 3.05) is 0 Å². The fourth-order valence-electron chi connectivity index (χ4n) is 3.19. The van der Waals surface area contributed by atoms with Gasteiger partial charge in [-0.2, -0.15) is 4.99 Å². The molecule has 0 aliphatic heterocycles. The number of aryl methyl sites for hydroxylation is 1. The number of carbonyl (C=O) groups is 1. The second-order valence-corrected chi connectivity index (χ2v) is 8.72. The maximum Gasteiger partial charge on any atom is 0.281 e. The SMILES string of the molecule is Cc1ccc(-c2c(-c3ccccc3)sc(=NC(=O)c3ccc(Cl)cc3Cl)n2C)cc1. The molecule has 0 saturated carbocycles. The van der Waals surface area contributed by atoms with Gasteiger partial charge < -0.3 is 4.57 Å². The zero-order valence-electron chi connectivity index (χ0n) is 16.4. The lowest BCUT2D eigenvalue weighted by Crippen LogP contribution is -2.14. The molecule has 0 unspecified atom stereocenters. The third-order valence-electron chi connectivity index (χ3n) is 4.75. The van der Waals surface area contributed by atoms with Crippen LogP contribution in [0.4, 0.5) is 0 Å². The van der Waals surface area contributed by atoms with Crippen molar-refractivity contribution in [3.05, 3.63) is 98.8 Å². The van der Waals surface area contributed by atoms with Crippen molar-refractivity contribution in [1.82, 2.24) is 4.57 Å². The fraction of sp³-hybridized carbons (Fsp3) is 0.0833. The van der Waals surface area contributed by atoms with E-state index in [0.717, 1.165) is 21.7 Å². The Morgan fingerprint density at radius 3 is 2.30 bits per heavy atom. The standard InChI is InChI=1S/C24H18Cl2N2OS/c1-15-8-10-16(11-9-15)21-22(17-6-4-3-5-7-17)30-24(28(21)2)27-23(29)19-13-12-18(25)14-20(19)26/h3-14H,1-2H3. The molecule has 0 N–H and O–H groups in total. The Kier molecular flexibility index (Phi) is 5.91. The lowest BCUT2D eigenvalue weighted by Gasteiger charge is -2.08. The van der Waals surface area contributed by atoms with Crippen LogP contribution >= 0.6 is 34.5 Å². The Balaban J connectivity index is 1.90. The van der Waals surface area contributed by atoms with Crippen molar-refractivity contribution in [2.24, 2.45) is 12.0 Å². The van der Waals surface area contributed by atoms with Crippen LogP contribution in [0.5, 0.6) is 0 Å². The number of thiazole rings is 1. The molecule has 0 bridgehead atoms. The second-order valence-electron chi connectivity index (χ2n) is 6.89. The molecular formula is C24H18Cl2N2OS. The van der Waals surface area contributed by atoms with Crippen molar-refractivity contribution >= 4 is 40.4 Å². The van der Waals surface area contributed by atoms with Crippen LogP contribution in [0.25, 0.3) is 21.7 Å². The minimum absolute atomic E-state index is 0.289. The molecule has 150 valence electrons. The summed E-state index contributed by atoms with van der Waals surface area (Å²) in [6.45, 7) is 2.06. The summed E-state index contributed by atoms with van der Waals surface area (Å²) in [4.78, 5) is 18.9. The summed E-state index contributed by atoms with van der Waals surface area (Å²) in [6, 6.07) is 23.2. The summed E-state index contributed by atoms with van der Waals surface area (Å²) in [6.07, 6.45) is 0. The van der Waals surface area contributed by atoms with E-state index < -0.39 is 5.91 Å². The van der Waals surface area contributed by atoms with Crippen LogP contribution < -0.4 is 4.80 Å². The molecule has 30 heavy (non-hydrogen) atoms. The number of amides is 1. The van der Waals surface area contributed by atoms with Crippen LogP contribution in [0.15, 0.2) is 77.8 Å². The van der Waals surface area contributed by atoms with Gasteiger partial charge in [-0.15, -0.1) is 0 Å². The van der Waals surface area contributed by atoms with Crippen LogP contribution in [0.1, 0.15) is 15.9 Å². The molecule has 0 spiro atoms. The first-order valence-electron chi connectivity index (χ1n) is 9.30. The lowest BCUT2D eigenvalue weighted by molar-refractivity contribution is 0.0998. The van der Waals surface area contributed by atoms with E-state index in [9.17, 15) is 4.79 Å². The van der Waals surface area contributed by atoms with E-state index in [1.165, 1.54) is 16.9 Å². The first-order chi connectivity index (χ1) is 14.4. The molecule has 0 saturated heterocycles. The Morgan fingerprint density at radius 2 is 1.63 bits per heavy atom. The number of aromatic nitrogens is 1. The van der Waals surface area contributed by atoms with Gasteiger partial charge in [0.25, 0.3) is 5.91 Å². The molecule has 0 aliphatic rings. The van der Waals surface area contributed by atoms with Gasteiger partial charge in [-0.1, -0.05) is 94.7 Å². The Hall–Kier alpha value is -2.66. The summed E-state index contributed by atoms with van der Waals surface area (Å²) in [7, 11) is 1.92. The molecule has 1 amide bonds. The Bertz CT molecular complexity index is 1290. The Labute approximate surface area is 188 Å². The largest absolute Gasteiger partial charge is 0.319 e. The molecule has 0 fully saturated rings. The van der Waals surface area contributed by atoms with E-state index in [4.69, 9.17) is 23.2 Å². The highest BCUT2D eigenvalue weighted by Crippen LogP contribution is 2.34. The smallest absolute Gasteiger partial charge is 0.281 e. The summed E-state index contributed by atoms with van der Waals surface area (Å²) in [5, 5.41) is 0.767. The van der Waals surface area contributed by atoms with Crippen LogP contribution in [-0.2, 0) is 7.05 Å². The number of hydrogen-bond acceptors (Lipinski definition) is 2. The quantitative estimate of drug-likeness (QED) is 0.337. The summed E-state index contributed by atoms with van der Waals surface area (Å²) in [5.74, 6) is -0.399. The average molecular weight is 453 g/mol. The monoisotopic (exact) mass is 452 g/mol. The number of carbonyl (C=O) groups excluding carboxylic acids is 1. The Morgan fingerprint density at radius 1 is 0.933 bits per heavy atom. The highest BCUT2D eigenvalue weighted by Gasteiger charge is 2.17. The second kappa shape index (κ2) is 8.60. The fourth-order valence-corrected chi connectivity index (χ4v) is 4.82. The molecule has 4 rings (SSSR count). The molecule has 1 heterocycles. The van der Waals surface area contributed by atoms with E-state index in [1.54, 1.807) is 18.2 Å². The van der Waals surface area contributed by atoms with Gasteiger partial charge in [0.15, 0.2) is 4.80 Å². The molecule has 3 nitrogen and oxygen atoms in total. The van der Waals surface area contributed by atoms with Gasteiger partial charge in [0.2, 0.25) is 0 Å². The minimum Gasteiger partial charge on any atom is -0.319 e. The van der Waals surface area contributed by atoms with Crippen molar-refractivity contribution in [3.63, 3.8) is 0 Å². The van der Waals surface area contributed by atoms with E-state index >= 15 is 0 Å². The molecule has 3 aromatic carbocycles. The number of nitrogens with zero attached hydrogens (tertiary/aromatic N) is 2. The van der Waals surface area contributed by atoms with Crippen LogP contribution in [0, 0.1) is 6.92 Å². The van der Waals surface area contributed by atoms with Gasteiger partial charge >= 0.3 is 0 Å². The summed E-state index contributed by atoms with van der Waals surface area (Å²) >= 11 is 13.6. The van der Waals surface area contributed by atoms with Crippen LogP contribution in [0.3, 0.4) is 0 Å². The highest BCUT2D eigenvalue weighted by atomic mass is 35.5. The molecule has 4 aromatic rings. The zero-order chi connectivity index (χ0) is 21.3. The minimum atomic E-state index is -0.399. The molecule has 0 aliphatic carbocycles. The van der Waals surface area contributed by atoms with Gasteiger partial charge in [-0.3, -0.25) is 4.79 Å². The molecule has 6 heteroatoms. The van der Waals surface area contributed by atoms with Gasteiger partial charge in [-0.25, -0.2) is 0 Å². The van der Waals surface area contributed by atoms with Gasteiger partial charge in [0.05, 0.1) is 21.2 Å². The first-order valence-corrected chi connectivity index (χ1v) is 10.9. The van der Waals surface area contributed by atoms with E-state index in [0.29, 0.717) is 15.4 Å². The number of benzene rings is 3. The summed E-state index contributed by atoms with van der Waals surface area (Å²) < 4.78 is 1.96. The molecule has 0 atom stereocenters.